The number of nitrogens with zero attached hydrogens (tertiary/aromatic N) is 2. The minimum atomic E-state index is 0.546. The Bertz CT molecular complexity index is 1100. The minimum absolute atomic E-state index is 0.546. The van der Waals surface area contributed by atoms with E-state index in [1.54, 1.807) is 0 Å². The van der Waals surface area contributed by atoms with Gasteiger partial charge in [-0.25, -0.2) is 0 Å². The van der Waals surface area contributed by atoms with Crippen LogP contribution in [0.4, 0.5) is 5.69 Å². The number of likely N-dealkylation sites (tertiary alicyclic amines) is 1. The third kappa shape index (κ3) is 3.08. The zero-order valence-electron chi connectivity index (χ0n) is 15.8. The van der Waals surface area contributed by atoms with Gasteiger partial charge in [0.2, 0.25) is 0 Å². The summed E-state index contributed by atoms with van der Waals surface area (Å²) >= 11 is 0. The van der Waals surface area contributed by atoms with Crippen LogP contribution in [0.1, 0.15) is 18.4 Å². The fourth-order valence-electron chi connectivity index (χ4n) is 4.07. The zero-order chi connectivity index (χ0) is 18.4. The summed E-state index contributed by atoms with van der Waals surface area (Å²) in [6, 6.07) is 15.7. The number of hydrogen-bond acceptors (Lipinski definition) is 3. The Hall–Kier alpha value is -2.79. The van der Waals surface area contributed by atoms with Crippen LogP contribution in [0.15, 0.2) is 42.5 Å². The molecule has 0 bridgehead atoms. The second kappa shape index (κ2) is 6.43. The van der Waals surface area contributed by atoms with Crippen LogP contribution in [0.3, 0.4) is 0 Å². The number of nitrogens with one attached hydrogen (secondary N) is 3. The molecule has 0 spiro atoms. The molecule has 1 fully saturated rings. The fourth-order valence-corrected chi connectivity index (χ4v) is 4.07. The molecule has 4 aromatic rings. The maximum absolute atomic E-state index is 4.59. The molecule has 1 aliphatic heterocycles. The molecule has 1 aliphatic rings. The molecule has 0 atom stereocenters. The molecule has 0 amide bonds. The van der Waals surface area contributed by atoms with Gasteiger partial charge < -0.3 is 15.2 Å². The highest BCUT2D eigenvalue weighted by Crippen LogP contribution is 2.31. The van der Waals surface area contributed by atoms with E-state index in [2.05, 4.69) is 81.8 Å². The van der Waals surface area contributed by atoms with E-state index in [0.717, 1.165) is 40.9 Å². The van der Waals surface area contributed by atoms with Crippen LogP contribution >= 0.6 is 0 Å². The molecule has 2 aromatic carbocycles. The molecule has 0 unspecified atom stereocenters. The van der Waals surface area contributed by atoms with Gasteiger partial charge in [0.05, 0.1) is 11.2 Å². The predicted molar refractivity (Wildman–Crippen MR) is 112 cm³/mol. The zero-order valence-corrected chi connectivity index (χ0v) is 15.8. The first kappa shape index (κ1) is 16.4. The summed E-state index contributed by atoms with van der Waals surface area (Å²) in [5.41, 5.74) is 6.68. The lowest BCUT2D eigenvalue weighted by Crippen LogP contribution is -2.36. The average molecular weight is 359 g/mol. The summed E-state index contributed by atoms with van der Waals surface area (Å²) in [6.45, 7) is 4.43. The second-order valence-corrected chi connectivity index (χ2v) is 7.83. The third-order valence-corrected chi connectivity index (χ3v) is 5.69. The van der Waals surface area contributed by atoms with Gasteiger partial charge in [-0.1, -0.05) is 12.1 Å². The van der Waals surface area contributed by atoms with Crippen molar-refractivity contribution in [3.8, 4) is 11.4 Å². The quantitative estimate of drug-likeness (QED) is 0.504. The number of rotatable bonds is 3. The summed E-state index contributed by atoms with van der Waals surface area (Å²) in [7, 11) is 2.20. The van der Waals surface area contributed by atoms with E-state index in [0.29, 0.717) is 6.04 Å². The topological polar surface area (TPSA) is 59.7 Å². The van der Waals surface area contributed by atoms with Crippen molar-refractivity contribution in [2.24, 2.45) is 0 Å². The highest BCUT2D eigenvalue weighted by Gasteiger charge is 2.17. The van der Waals surface area contributed by atoms with Crippen molar-refractivity contribution in [3.63, 3.8) is 0 Å². The van der Waals surface area contributed by atoms with Crippen molar-refractivity contribution < 1.29 is 0 Å². The summed E-state index contributed by atoms with van der Waals surface area (Å²) in [4.78, 5) is 5.92. The van der Waals surface area contributed by atoms with Crippen molar-refractivity contribution in [3.05, 3.63) is 48.0 Å². The smallest absolute Gasteiger partial charge is 0.116 e. The van der Waals surface area contributed by atoms with E-state index in [1.165, 1.54) is 29.5 Å². The summed E-state index contributed by atoms with van der Waals surface area (Å²) < 4.78 is 0. The molecule has 1 saturated heterocycles. The Labute approximate surface area is 158 Å². The van der Waals surface area contributed by atoms with Gasteiger partial charge in [-0.15, -0.1) is 0 Å². The number of benzene rings is 2. The van der Waals surface area contributed by atoms with E-state index in [9.17, 15) is 0 Å². The average Bonchev–Trinajstić information content (AvgIpc) is 3.26. The third-order valence-electron chi connectivity index (χ3n) is 5.69. The van der Waals surface area contributed by atoms with Gasteiger partial charge in [0.15, 0.2) is 0 Å². The van der Waals surface area contributed by atoms with Gasteiger partial charge in [-0.2, -0.15) is 5.10 Å². The van der Waals surface area contributed by atoms with Gasteiger partial charge in [0.1, 0.15) is 5.69 Å². The van der Waals surface area contributed by atoms with E-state index in [1.807, 2.05) is 0 Å². The monoisotopic (exact) mass is 359 g/mol. The molecule has 0 aliphatic carbocycles. The minimum Gasteiger partial charge on any atom is -0.382 e. The Kier molecular flexibility index (Phi) is 3.90. The van der Waals surface area contributed by atoms with E-state index < -0.39 is 0 Å². The maximum Gasteiger partial charge on any atom is 0.116 e. The van der Waals surface area contributed by atoms with Crippen LogP contribution < -0.4 is 5.32 Å². The van der Waals surface area contributed by atoms with Crippen LogP contribution in [0.25, 0.3) is 33.2 Å². The molecule has 138 valence electrons. The fraction of sp³-hybridized carbons (Fsp3) is 0.318. The van der Waals surface area contributed by atoms with Crippen molar-refractivity contribution in [2.45, 2.75) is 25.8 Å². The molecule has 3 N–H and O–H groups in total. The number of fused-ring (bicyclic) bond motifs is 2. The first-order valence-corrected chi connectivity index (χ1v) is 9.69. The molecule has 3 heterocycles. The molecular weight excluding hydrogens is 334 g/mol. The number of piperidine rings is 1. The molecule has 5 rings (SSSR count). The Balaban J connectivity index is 1.49. The Morgan fingerprint density at radius 3 is 2.74 bits per heavy atom. The number of anilines is 1. The van der Waals surface area contributed by atoms with Gasteiger partial charge >= 0.3 is 0 Å². The highest BCUT2D eigenvalue weighted by atomic mass is 15.1. The van der Waals surface area contributed by atoms with Crippen LogP contribution in [-0.2, 0) is 0 Å². The first-order chi connectivity index (χ1) is 13.2. The summed E-state index contributed by atoms with van der Waals surface area (Å²) in [5.74, 6) is 0. The number of aromatic nitrogens is 3. The molecular formula is C22H25N5. The number of H-pyrrole nitrogens is 2. The lowest BCUT2D eigenvalue weighted by Gasteiger charge is -2.30. The van der Waals surface area contributed by atoms with Crippen LogP contribution in [0.2, 0.25) is 0 Å². The summed E-state index contributed by atoms with van der Waals surface area (Å²) in [5, 5.41) is 13.8. The molecule has 27 heavy (non-hydrogen) atoms. The highest BCUT2D eigenvalue weighted by molar-refractivity contribution is 5.97. The molecule has 5 nitrogen and oxygen atoms in total. The van der Waals surface area contributed by atoms with E-state index in [-0.39, 0.29) is 0 Å². The van der Waals surface area contributed by atoms with E-state index in [4.69, 9.17) is 0 Å². The Morgan fingerprint density at radius 1 is 1.04 bits per heavy atom. The standard InChI is InChI=1S/C22H25N5/c1-14-3-4-15-12-21(24-20(15)11-14)22-18-13-17(5-6-19(18)25-26-22)23-16-7-9-27(2)10-8-16/h3-6,11-13,16,23-24H,7-10H2,1-2H3,(H,25,26). The SMILES string of the molecule is Cc1ccc2cc(-c3n[nH]c4ccc(NC5CCN(C)CC5)cc34)[nH]c2c1. The number of aromatic amines is 2. The Morgan fingerprint density at radius 2 is 1.89 bits per heavy atom. The second-order valence-electron chi connectivity index (χ2n) is 7.83. The van der Waals surface area contributed by atoms with Crippen molar-refractivity contribution >= 4 is 27.5 Å². The predicted octanol–water partition coefficient (Wildman–Crippen LogP) is 4.53. The largest absolute Gasteiger partial charge is 0.382 e. The van der Waals surface area contributed by atoms with Crippen LogP contribution in [0, 0.1) is 6.92 Å². The number of hydrogen-bond donors (Lipinski definition) is 3. The van der Waals surface area contributed by atoms with E-state index >= 15 is 0 Å². The maximum atomic E-state index is 4.59. The molecule has 0 saturated carbocycles. The van der Waals surface area contributed by atoms with Gasteiger partial charge in [-0.3, -0.25) is 5.10 Å². The van der Waals surface area contributed by atoms with Crippen molar-refractivity contribution in [2.75, 3.05) is 25.5 Å². The van der Waals surface area contributed by atoms with Crippen LogP contribution in [0.5, 0.6) is 0 Å². The van der Waals surface area contributed by atoms with Crippen LogP contribution in [-0.4, -0.2) is 46.3 Å². The lowest BCUT2D eigenvalue weighted by molar-refractivity contribution is 0.264. The van der Waals surface area contributed by atoms with Crippen molar-refractivity contribution in [1.82, 2.24) is 20.1 Å². The van der Waals surface area contributed by atoms with Gasteiger partial charge in [0.25, 0.3) is 0 Å². The summed E-state index contributed by atoms with van der Waals surface area (Å²) in [6.07, 6.45) is 2.38. The molecule has 2 aromatic heterocycles. The lowest BCUT2D eigenvalue weighted by atomic mass is 10.0. The van der Waals surface area contributed by atoms with Gasteiger partial charge in [0, 0.05) is 28.0 Å². The molecule has 5 heteroatoms. The van der Waals surface area contributed by atoms with Crippen molar-refractivity contribution in [1.29, 1.82) is 0 Å². The van der Waals surface area contributed by atoms with Gasteiger partial charge in [-0.05, 0) is 75.8 Å². The molecule has 0 radical (unpaired) electrons. The number of aryl methyl sites for hydroxylation is 1. The normalized spacial score (nSPS) is 16.4. The first-order valence-electron chi connectivity index (χ1n) is 9.69.